The number of carbonyl (C=O) groups excluding carboxylic acids is 3. The molecule has 0 aliphatic heterocycles. The summed E-state index contributed by atoms with van der Waals surface area (Å²) in [5, 5.41) is 17.9. The van der Waals surface area contributed by atoms with E-state index in [1.165, 1.54) is 4.90 Å². The number of nitrogens with one attached hydrogen (secondary N) is 2. The van der Waals surface area contributed by atoms with Gasteiger partial charge in [0.25, 0.3) is 5.91 Å². The van der Waals surface area contributed by atoms with Gasteiger partial charge in [-0.15, -0.1) is 0 Å². The first-order chi connectivity index (χ1) is 20.2. The van der Waals surface area contributed by atoms with Gasteiger partial charge in [0.15, 0.2) is 0 Å². The van der Waals surface area contributed by atoms with E-state index in [0.717, 1.165) is 28.3 Å². The van der Waals surface area contributed by atoms with E-state index >= 15 is 0 Å². The van der Waals surface area contributed by atoms with Crippen molar-refractivity contribution < 1.29 is 24.2 Å². The van der Waals surface area contributed by atoms with Crippen LogP contribution in [0.5, 0.6) is 0 Å². The molecule has 3 unspecified atom stereocenters. The number of benzene rings is 3. The summed E-state index contributed by atoms with van der Waals surface area (Å²) in [4.78, 5) is 42.8. The largest absolute Gasteiger partial charge is 0.444 e. The van der Waals surface area contributed by atoms with Crippen LogP contribution in [0.2, 0.25) is 0 Å². The number of carbonyl (C=O) groups is 3. The van der Waals surface area contributed by atoms with Gasteiger partial charge in [-0.05, 0) is 88.8 Å². The highest BCUT2D eigenvalue weighted by atomic mass is 16.6. The third-order valence-electron chi connectivity index (χ3n) is 7.17. The molecule has 0 spiro atoms. The number of aliphatic hydroxyl groups is 1. The van der Waals surface area contributed by atoms with Gasteiger partial charge in [0, 0.05) is 11.7 Å². The van der Waals surface area contributed by atoms with Gasteiger partial charge in [-0.2, -0.15) is 0 Å². The number of rotatable bonds is 11. The summed E-state index contributed by atoms with van der Waals surface area (Å²) in [6.07, 6.45) is 0.622. The van der Waals surface area contributed by atoms with Crippen LogP contribution in [0.15, 0.2) is 60.7 Å². The van der Waals surface area contributed by atoms with Crippen molar-refractivity contribution in [2.24, 2.45) is 5.92 Å². The zero-order chi connectivity index (χ0) is 31.9. The van der Waals surface area contributed by atoms with Crippen molar-refractivity contribution in [3.63, 3.8) is 0 Å². The second kappa shape index (κ2) is 14.5. The summed E-state index contributed by atoms with van der Waals surface area (Å²) in [7, 11) is 0. The lowest BCUT2D eigenvalue weighted by Gasteiger charge is -2.38. The van der Waals surface area contributed by atoms with Gasteiger partial charge in [0.05, 0.1) is 6.61 Å². The summed E-state index contributed by atoms with van der Waals surface area (Å²) in [5.41, 5.74) is 2.36. The van der Waals surface area contributed by atoms with Crippen LogP contribution in [0.25, 0.3) is 10.8 Å². The molecule has 43 heavy (non-hydrogen) atoms. The number of ether oxygens (including phenoxy) is 1. The van der Waals surface area contributed by atoms with Crippen LogP contribution in [-0.2, 0) is 14.3 Å². The molecule has 232 valence electrons. The molecule has 0 radical (unpaired) electrons. The maximum absolute atomic E-state index is 14.3. The van der Waals surface area contributed by atoms with E-state index < -0.39 is 42.3 Å². The third-order valence-corrected chi connectivity index (χ3v) is 7.17. The lowest BCUT2D eigenvalue weighted by atomic mass is 9.95. The first-order valence-corrected chi connectivity index (χ1v) is 15.0. The second-order valence-corrected chi connectivity index (χ2v) is 12.8. The lowest BCUT2D eigenvalue weighted by Crippen LogP contribution is -2.56. The zero-order valence-electron chi connectivity index (χ0n) is 26.7. The van der Waals surface area contributed by atoms with E-state index in [1.54, 1.807) is 20.8 Å². The van der Waals surface area contributed by atoms with Gasteiger partial charge in [-0.3, -0.25) is 9.59 Å². The van der Waals surface area contributed by atoms with Gasteiger partial charge in [-0.25, -0.2) is 4.79 Å². The maximum Gasteiger partial charge on any atom is 0.408 e. The van der Waals surface area contributed by atoms with Crippen molar-refractivity contribution in [3.8, 4) is 0 Å². The molecule has 0 saturated carbocycles. The van der Waals surface area contributed by atoms with Crippen molar-refractivity contribution >= 4 is 34.4 Å². The van der Waals surface area contributed by atoms with Crippen LogP contribution in [0, 0.1) is 19.8 Å². The molecular weight excluding hydrogens is 542 g/mol. The van der Waals surface area contributed by atoms with Gasteiger partial charge in [0.1, 0.15) is 17.7 Å². The molecule has 3 atom stereocenters. The summed E-state index contributed by atoms with van der Waals surface area (Å²) < 4.78 is 5.37. The highest BCUT2D eigenvalue weighted by Gasteiger charge is 2.39. The van der Waals surface area contributed by atoms with E-state index in [4.69, 9.17) is 4.74 Å². The van der Waals surface area contributed by atoms with Crippen LogP contribution in [0.4, 0.5) is 10.5 Å². The summed E-state index contributed by atoms with van der Waals surface area (Å²) >= 11 is 0. The molecule has 0 heterocycles. The molecule has 8 nitrogen and oxygen atoms in total. The molecule has 3 N–H and O–H groups in total. The van der Waals surface area contributed by atoms with Crippen LogP contribution in [0.1, 0.15) is 77.1 Å². The Kier molecular flexibility index (Phi) is 11.3. The van der Waals surface area contributed by atoms with E-state index in [-0.39, 0.29) is 5.91 Å². The van der Waals surface area contributed by atoms with Crippen molar-refractivity contribution in [2.45, 2.75) is 92.0 Å². The van der Waals surface area contributed by atoms with Crippen molar-refractivity contribution in [1.82, 2.24) is 10.2 Å². The Balaban J connectivity index is 2.09. The number of fused-ring (bicyclic) bond motifs is 1. The minimum atomic E-state index is -1.31. The smallest absolute Gasteiger partial charge is 0.408 e. The summed E-state index contributed by atoms with van der Waals surface area (Å²) in [6.45, 7) is 14.5. The first-order valence-electron chi connectivity index (χ1n) is 15.0. The van der Waals surface area contributed by atoms with E-state index in [0.29, 0.717) is 23.6 Å². The maximum atomic E-state index is 14.3. The van der Waals surface area contributed by atoms with Crippen molar-refractivity contribution in [3.05, 3.63) is 77.4 Å². The second-order valence-electron chi connectivity index (χ2n) is 12.8. The number of alkyl carbamates (subject to hydrolysis) is 1. The quantitative estimate of drug-likeness (QED) is 0.231. The number of aliphatic hydroxyl groups excluding tert-OH is 1. The fraction of sp³-hybridized carbons (Fsp3) is 0.457. The molecule has 3 aromatic carbocycles. The molecule has 3 aromatic rings. The topological polar surface area (TPSA) is 108 Å². The van der Waals surface area contributed by atoms with Crippen molar-refractivity contribution in [2.75, 3.05) is 11.9 Å². The molecule has 3 amide bonds. The van der Waals surface area contributed by atoms with Gasteiger partial charge in [-0.1, -0.05) is 73.5 Å². The van der Waals surface area contributed by atoms with Gasteiger partial charge >= 0.3 is 6.09 Å². The Morgan fingerprint density at radius 3 is 2.09 bits per heavy atom. The third kappa shape index (κ3) is 9.55. The Bertz CT molecular complexity index is 1410. The lowest BCUT2D eigenvalue weighted by molar-refractivity contribution is -0.144. The van der Waals surface area contributed by atoms with Crippen LogP contribution in [-0.4, -0.2) is 52.2 Å². The average Bonchev–Trinajstić information content (AvgIpc) is 2.91. The van der Waals surface area contributed by atoms with Crippen molar-refractivity contribution in [1.29, 1.82) is 0 Å². The predicted molar refractivity (Wildman–Crippen MR) is 172 cm³/mol. The molecule has 0 saturated heterocycles. The molecule has 3 rings (SSSR count). The standard InChI is InChI=1S/C35H47N3O5/c1-22(2)13-14-25(5)38(33(41)30(21-39)37-34(42)43-35(6,7)8)31(28-18-23(3)17-24(4)19-28)32(40)36-29-16-15-26-11-9-10-12-27(26)20-29/h9-12,15-20,22,25,30-31,39H,13-14,21H2,1-8H3,(H,36,40)(H,37,42). The first kappa shape index (κ1) is 33.6. The molecule has 0 aliphatic carbocycles. The monoisotopic (exact) mass is 589 g/mol. The molecule has 0 bridgehead atoms. The molecule has 0 aliphatic rings. The van der Waals surface area contributed by atoms with Crippen LogP contribution < -0.4 is 10.6 Å². The van der Waals surface area contributed by atoms with Gasteiger partial charge < -0.3 is 25.4 Å². The minimum absolute atomic E-state index is 0.374. The Labute approximate surface area is 255 Å². The van der Waals surface area contributed by atoms with Crippen LogP contribution in [0.3, 0.4) is 0 Å². The molecule has 8 heteroatoms. The Morgan fingerprint density at radius 2 is 1.51 bits per heavy atom. The molecule has 0 aromatic heterocycles. The summed E-state index contributed by atoms with van der Waals surface area (Å²) in [5.74, 6) is -0.583. The van der Waals surface area contributed by atoms with Crippen LogP contribution >= 0.6 is 0 Å². The van der Waals surface area contributed by atoms with Gasteiger partial charge in [0.2, 0.25) is 5.91 Å². The zero-order valence-corrected chi connectivity index (χ0v) is 26.7. The van der Waals surface area contributed by atoms with E-state index in [2.05, 4.69) is 24.5 Å². The average molecular weight is 590 g/mol. The number of amides is 3. The highest BCUT2D eigenvalue weighted by molar-refractivity contribution is 6.00. The fourth-order valence-electron chi connectivity index (χ4n) is 5.21. The van der Waals surface area contributed by atoms with E-state index in [9.17, 15) is 19.5 Å². The highest BCUT2D eigenvalue weighted by Crippen LogP contribution is 2.30. The van der Waals surface area contributed by atoms with E-state index in [1.807, 2.05) is 81.4 Å². The Hall–Kier alpha value is -3.91. The number of hydrogen-bond acceptors (Lipinski definition) is 5. The minimum Gasteiger partial charge on any atom is -0.444 e. The number of hydrogen-bond donors (Lipinski definition) is 3. The number of aryl methyl sites for hydroxylation is 2. The number of anilines is 1. The normalized spacial score (nSPS) is 13.7. The predicted octanol–water partition coefficient (Wildman–Crippen LogP) is 6.68. The fourth-order valence-corrected chi connectivity index (χ4v) is 5.21. The SMILES string of the molecule is Cc1cc(C)cc(C(C(=O)Nc2ccc3ccccc3c2)N(C(=O)C(CO)NC(=O)OC(C)(C)C)C(C)CCC(C)C)c1. The molecular formula is C35H47N3O5. The summed E-state index contributed by atoms with van der Waals surface area (Å²) in [6, 6.07) is 16.7. The Morgan fingerprint density at radius 1 is 0.884 bits per heavy atom. The number of nitrogens with zero attached hydrogens (tertiary/aromatic N) is 1. The molecule has 0 fully saturated rings.